The minimum atomic E-state index is -0.917. The van der Waals surface area contributed by atoms with Gasteiger partial charge in [0.15, 0.2) is 0 Å². The van der Waals surface area contributed by atoms with Gasteiger partial charge in [-0.15, -0.1) is 0 Å². The second-order valence-corrected chi connectivity index (χ2v) is 5.76. The maximum Gasteiger partial charge on any atom is 0.337 e. The van der Waals surface area contributed by atoms with E-state index in [1.165, 1.54) is 32.0 Å². The third-order valence-corrected chi connectivity index (χ3v) is 4.38. The lowest BCUT2D eigenvalue weighted by Gasteiger charge is -2.44. The molecule has 0 bridgehead atoms. The third-order valence-electron chi connectivity index (χ3n) is 4.38. The summed E-state index contributed by atoms with van der Waals surface area (Å²) in [4.78, 5) is 20.1. The molecule has 0 spiro atoms. The Morgan fingerprint density at radius 3 is 2.95 bits per heavy atom. The molecule has 1 aromatic rings. The Labute approximate surface area is 119 Å². The standard InChI is InChI=1S/C15H21N3O2/c19-15(20)12-4-5-13(16-9-12)10-17-7-8-18-6-2-1-3-14(18)11-17/h4-5,9,14H,1-3,6-8,10-11H2,(H,19,20). The van der Waals surface area contributed by atoms with Crippen molar-refractivity contribution in [3.8, 4) is 0 Å². The predicted octanol–water partition coefficient (Wildman–Crippen LogP) is 1.45. The molecule has 0 amide bonds. The number of piperazine rings is 1. The van der Waals surface area contributed by atoms with Crippen molar-refractivity contribution in [1.82, 2.24) is 14.8 Å². The van der Waals surface area contributed by atoms with E-state index in [9.17, 15) is 4.79 Å². The average molecular weight is 275 g/mol. The maximum absolute atomic E-state index is 10.8. The molecule has 0 radical (unpaired) electrons. The number of hydrogen-bond acceptors (Lipinski definition) is 4. The Morgan fingerprint density at radius 2 is 2.20 bits per heavy atom. The number of piperidine rings is 1. The van der Waals surface area contributed by atoms with Crippen LogP contribution >= 0.6 is 0 Å². The summed E-state index contributed by atoms with van der Waals surface area (Å²) in [6, 6.07) is 4.17. The van der Waals surface area contributed by atoms with Gasteiger partial charge in [-0.2, -0.15) is 0 Å². The van der Waals surface area contributed by atoms with Crippen LogP contribution in [0.4, 0.5) is 0 Å². The fourth-order valence-corrected chi connectivity index (χ4v) is 3.24. The molecular weight excluding hydrogens is 254 g/mol. The molecule has 108 valence electrons. The number of hydrogen-bond donors (Lipinski definition) is 1. The molecule has 5 heteroatoms. The van der Waals surface area contributed by atoms with Crippen LogP contribution in [-0.4, -0.2) is 58.1 Å². The number of nitrogens with zero attached hydrogens (tertiary/aromatic N) is 3. The summed E-state index contributed by atoms with van der Waals surface area (Å²) in [6.45, 7) is 5.42. The zero-order valence-electron chi connectivity index (χ0n) is 11.7. The van der Waals surface area contributed by atoms with Crippen LogP contribution in [0.25, 0.3) is 0 Å². The number of rotatable bonds is 3. The second kappa shape index (κ2) is 5.89. The van der Waals surface area contributed by atoms with Crippen LogP contribution in [0.5, 0.6) is 0 Å². The van der Waals surface area contributed by atoms with Gasteiger partial charge in [0.05, 0.1) is 11.3 Å². The zero-order valence-corrected chi connectivity index (χ0v) is 11.7. The maximum atomic E-state index is 10.8. The highest BCUT2D eigenvalue weighted by Gasteiger charge is 2.28. The summed E-state index contributed by atoms with van der Waals surface area (Å²) >= 11 is 0. The van der Waals surface area contributed by atoms with Gasteiger partial charge in [0.2, 0.25) is 0 Å². The molecule has 5 nitrogen and oxygen atoms in total. The third kappa shape index (κ3) is 2.99. The lowest BCUT2D eigenvalue weighted by molar-refractivity contribution is 0.0451. The minimum Gasteiger partial charge on any atom is -0.478 e. The number of carboxylic acid groups (broad SMARTS) is 1. The molecule has 2 aliphatic heterocycles. The van der Waals surface area contributed by atoms with E-state index in [0.717, 1.165) is 31.9 Å². The highest BCUT2D eigenvalue weighted by Crippen LogP contribution is 2.21. The normalized spacial score (nSPS) is 24.3. The Balaban J connectivity index is 1.59. The number of aromatic nitrogens is 1. The van der Waals surface area contributed by atoms with Crippen LogP contribution in [0.3, 0.4) is 0 Å². The molecule has 3 rings (SSSR count). The predicted molar refractivity (Wildman–Crippen MR) is 75.7 cm³/mol. The lowest BCUT2D eigenvalue weighted by Crippen LogP contribution is -2.54. The van der Waals surface area contributed by atoms with Gasteiger partial charge in [-0.1, -0.05) is 6.42 Å². The molecule has 0 aromatic carbocycles. The number of aromatic carboxylic acids is 1. The zero-order chi connectivity index (χ0) is 13.9. The van der Waals surface area contributed by atoms with Gasteiger partial charge >= 0.3 is 5.97 Å². The van der Waals surface area contributed by atoms with Crippen molar-refractivity contribution in [2.24, 2.45) is 0 Å². The number of carbonyl (C=O) groups is 1. The fraction of sp³-hybridized carbons (Fsp3) is 0.600. The van der Waals surface area contributed by atoms with Crippen LogP contribution in [-0.2, 0) is 6.54 Å². The van der Waals surface area contributed by atoms with Crippen molar-refractivity contribution in [3.63, 3.8) is 0 Å². The molecule has 1 aromatic heterocycles. The second-order valence-electron chi connectivity index (χ2n) is 5.76. The summed E-state index contributed by atoms with van der Waals surface area (Å²) in [5.41, 5.74) is 1.21. The molecule has 3 heterocycles. The smallest absolute Gasteiger partial charge is 0.337 e. The highest BCUT2D eigenvalue weighted by atomic mass is 16.4. The van der Waals surface area contributed by atoms with Gasteiger partial charge in [-0.05, 0) is 31.5 Å². The van der Waals surface area contributed by atoms with Gasteiger partial charge in [0.25, 0.3) is 0 Å². The van der Waals surface area contributed by atoms with E-state index in [2.05, 4.69) is 14.8 Å². The van der Waals surface area contributed by atoms with Crippen molar-refractivity contribution in [2.75, 3.05) is 26.2 Å². The molecule has 1 unspecified atom stereocenters. The van der Waals surface area contributed by atoms with E-state index >= 15 is 0 Å². The van der Waals surface area contributed by atoms with Crippen molar-refractivity contribution < 1.29 is 9.90 Å². The first-order valence-corrected chi connectivity index (χ1v) is 7.37. The first-order chi connectivity index (χ1) is 9.72. The topological polar surface area (TPSA) is 56.7 Å². The summed E-state index contributed by atoms with van der Waals surface area (Å²) in [6.07, 6.45) is 5.45. The van der Waals surface area contributed by atoms with Crippen molar-refractivity contribution in [3.05, 3.63) is 29.6 Å². The van der Waals surface area contributed by atoms with E-state index in [1.54, 1.807) is 6.07 Å². The van der Waals surface area contributed by atoms with E-state index in [0.29, 0.717) is 6.04 Å². The van der Waals surface area contributed by atoms with Crippen LogP contribution < -0.4 is 0 Å². The van der Waals surface area contributed by atoms with Gasteiger partial charge in [-0.25, -0.2) is 4.79 Å². The molecule has 1 atom stereocenters. The summed E-state index contributed by atoms with van der Waals surface area (Å²) < 4.78 is 0. The van der Waals surface area contributed by atoms with Gasteiger partial charge in [0, 0.05) is 38.4 Å². The summed E-state index contributed by atoms with van der Waals surface area (Å²) in [7, 11) is 0. The lowest BCUT2D eigenvalue weighted by atomic mass is 9.99. The van der Waals surface area contributed by atoms with Gasteiger partial charge < -0.3 is 5.11 Å². The molecule has 0 aliphatic carbocycles. The molecule has 2 aliphatic rings. The molecule has 1 N–H and O–H groups in total. The number of carboxylic acids is 1. The number of pyridine rings is 1. The Hall–Kier alpha value is -1.46. The Morgan fingerprint density at radius 1 is 1.30 bits per heavy atom. The highest BCUT2D eigenvalue weighted by molar-refractivity contribution is 5.87. The van der Waals surface area contributed by atoms with Gasteiger partial charge in [0.1, 0.15) is 0 Å². The van der Waals surface area contributed by atoms with Gasteiger partial charge in [-0.3, -0.25) is 14.8 Å². The summed E-state index contributed by atoms with van der Waals surface area (Å²) in [5.74, 6) is -0.917. The van der Waals surface area contributed by atoms with E-state index in [1.807, 2.05) is 6.07 Å². The van der Waals surface area contributed by atoms with Crippen LogP contribution in [0, 0.1) is 0 Å². The Kier molecular flexibility index (Phi) is 3.98. The van der Waals surface area contributed by atoms with Crippen LogP contribution in [0.1, 0.15) is 35.3 Å². The quantitative estimate of drug-likeness (QED) is 0.905. The summed E-state index contributed by atoms with van der Waals surface area (Å²) in [5, 5.41) is 8.87. The van der Waals surface area contributed by atoms with Crippen LogP contribution in [0.15, 0.2) is 18.3 Å². The average Bonchev–Trinajstić information content (AvgIpc) is 2.48. The first-order valence-electron chi connectivity index (χ1n) is 7.37. The number of fused-ring (bicyclic) bond motifs is 1. The monoisotopic (exact) mass is 275 g/mol. The van der Waals surface area contributed by atoms with Crippen molar-refractivity contribution >= 4 is 5.97 Å². The van der Waals surface area contributed by atoms with E-state index < -0.39 is 5.97 Å². The molecule has 2 fully saturated rings. The van der Waals surface area contributed by atoms with Crippen molar-refractivity contribution in [1.29, 1.82) is 0 Å². The fourth-order valence-electron chi connectivity index (χ4n) is 3.24. The van der Waals surface area contributed by atoms with Crippen LogP contribution in [0.2, 0.25) is 0 Å². The van der Waals surface area contributed by atoms with E-state index in [-0.39, 0.29) is 5.56 Å². The Bertz CT molecular complexity index is 475. The SMILES string of the molecule is O=C(O)c1ccc(CN2CCN3CCCCC3C2)nc1. The van der Waals surface area contributed by atoms with Crippen molar-refractivity contribution in [2.45, 2.75) is 31.8 Å². The minimum absolute atomic E-state index is 0.255. The first kappa shape index (κ1) is 13.5. The molecule has 2 saturated heterocycles. The molecular formula is C15H21N3O2. The molecule has 20 heavy (non-hydrogen) atoms. The van der Waals surface area contributed by atoms with E-state index in [4.69, 9.17) is 5.11 Å². The molecule has 0 saturated carbocycles. The largest absolute Gasteiger partial charge is 0.478 e.